The minimum Gasteiger partial charge on any atom is -0.343 e. The molecule has 2 aromatic heterocycles. The first-order valence-corrected chi connectivity index (χ1v) is 7.71. The molecule has 0 N–H and O–H groups in total. The lowest BCUT2D eigenvalue weighted by Crippen LogP contribution is -2.40. The number of likely N-dealkylation sites (tertiary alicyclic amines) is 1. The van der Waals surface area contributed by atoms with Crippen LogP contribution in [0.2, 0.25) is 0 Å². The molecule has 0 aliphatic carbocycles. The predicted molar refractivity (Wildman–Crippen MR) is 78.9 cm³/mol. The van der Waals surface area contributed by atoms with Crippen molar-refractivity contribution in [3.63, 3.8) is 0 Å². The smallest absolute Gasteiger partial charge is 0.262 e. The van der Waals surface area contributed by atoms with E-state index in [-0.39, 0.29) is 11.5 Å². The van der Waals surface area contributed by atoms with Gasteiger partial charge in [0, 0.05) is 26.6 Å². The monoisotopic (exact) mass is 291 g/mol. The molecule has 2 aromatic rings. The van der Waals surface area contributed by atoms with Crippen molar-refractivity contribution < 1.29 is 4.79 Å². The van der Waals surface area contributed by atoms with Crippen LogP contribution in [0.5, 0.6) is 0 Å². The molecule has 1 aliphatic heterocycles. The van der Waals surface area contributed by atoms with Gasteiger partial charge in [-0.2, -0.15) is 0 Å². The Hall–Kier alpha value is -1.69. The molecule has 3 rings (SSSR count). The molecule has 1 atom stereocenters. The van der Waals surface area contributed by atoms with E-state index in [0.717, 1.165) is 30.8 Å². The maximum absolute atomic E-state index is 12.3. The molecule has 0 aromatic carbocycles. The van der Waals surface area contributed by atoms with Gasteiger partial charge < -0.3 is 4.90 Å². The minimum atomic E-state index is 0.0243. The summed E-state index contributed by atoms with van der Waals surface area (Å²) in [5.41, 5.74) is 0.0243. The molecule has 1 fully saturated rings. The fourth-order valence-electron chi connectivity index (χ4n) is 2.80. The van der Waals surface area contributed by atoms with Crippen LogP contribution in [0.25, 0.3) is 10.2 Å². The molecule has 0 saturated carbocycles. The van der Waals surface area contributed by atoms with E-state index in [2.05, 4.69) is 4.98 Å². The zero-order valence-electron chi connectivity index (χ0n) is 11.4. The van der Waals surface area contributed by atoms with Crippen molar-refractivity contribution in [2.75, 3.05) is 13.1 Å². The van der Waals surface area contributed by atoms with Crippen molar-refractivity contribution in [2.45, 2.75) is 26.3 Å². The van der Waals surface area contributed by atoms with E-state index in [9.17, 15) is 9.59 Å². The molecule has 0 radical (unpaired) electrons. The molecule has 0 unspecified atom stereocenters. The predicted octanol–water partition coefficient (Wildman–Crippen LogP) is 1.72. The first-order chi connectivity index (χ1) is 9.65. The van der Waals surface area contributed by atoms with Crippen molar-refractivity contribution in [1.82, 2.24) is 14.5 Å². The van der Waals surface area contributed by atoms with E-state index in [1.54, 1.807) is 17.8 Å². The number of rotatable bonds is 2. The number of carbonyl (C=O) groups is 1. The summed E-state index contributed by atoms with van der Waals surface area (Å²) in [7, 11) is 0. The minimum absolute atomic E-state index is 0.0243. The molecule has 6 heteroatoms. The second-order valence-electron chi connectivity index (χ2n) is 5.31. The van der Waals surface area contributed by atoms with Gasteiger partial charge in [0.1, 0.15) is 4.83 Å². The zero-order chi connectivity index (χ0) is 14.1. The van der Waals surface area contributed by atoms with Crippen molar-refractivity contribution in [3.8, 4) is 0 Å². The van der Waals surface area contributed by atoms with Gasteiger partial charge in [-0.15, -0.1) is 11.3 Å². The molecule has 1 amide bonds. The highest BCUT2D eigenvalue weighted by molar-refractivity contribution is 7.16. The van der Waals surface area contributed by atoms with Crippen LogP contribution in [0.1, 0.15) is 19.8 Å². The highest BCUT2D eigenvalue weighted by Crippen LogP contribution is 2.19. The molecule has 5 nitrogen and oxygen atoms in total. The molecular weight excluding hydrogens is 274 g/mol. The number of hydrogen-bond acceptors (Lipinski definition) is 4. The van der Waals surface area contributed by atoms with Crippen LogP contribution in [-0.2, 0) is 11.3 Å². The molecule has 20 heavy (non-hydrogen) atoms. The molecular formula is C14H17N3O2S. The molecule has 1 saturated heterocycles. The van der Waals surface area contributed by atoms with Gasteiger partial charge in [-0.05, 0) is 30.2 Å². The number of piperidine rings is 1. The van der Waals surface area contributed by atoms with Crippen LogP contribution in [0.4, 0.5) is 0 Å². The van der Waals surface area contributed by atoms with Gasteiger partial charge in [0.25, 0.3) is 5.56 Å². The average Bonchev–Trinajstić information content (AvgIpc) is 2.91. The van der Waals surface area contributed by atoms with Crippen LogP contribution in [-0.4, -0.2) is 33.4 Å². The highest BCUT2D eigenvalue weighted by Gasteiger charge is 2.22. The van der Waals surface area contributed by atoms with Gasteiger partial charge in [0.05, 0.1) is 11.7 Å². The molecule has 3 heterocycles. The van der Waals surface area contributed by atoms with E-state index in [0.29, 0.717) is 17.8 Å². The van der Waals surface area contributed by atoms with Crippen LogP contribution in [0, 0.1) is 5.92 Å². The summed E-state index contributed by atoms with van der Waals surface area (Å²) in [6.07, 6.45) is 3.69. The van der Waals surface area contributed by atoms with Gasteiger partial charge in [0.2, 0.25) is 5.91 Å². The fraction of sp³-hybridized carbons (Fsp3) is 0.500. The van der Waals surface area contributed by atoms with E-state index < -0.39 is 0 Å². The Morgan fingerprint density at radius 1 is 1.55 bits per heavy atom. The lowest BCUT2D eigenvalue weighted by Gasteiger charge is -2.32. The molecule has 1 aliphatic rings. The number of fused-ring (bicyclic) bond motifs is 1. The summed E-state index contributed by atoms with van der Waals surface area (Å²) in [6.45, 7) is 3.82. The van der Waals surface area contributed by atoms with Gasteiger partial charge >= 0.3 is 0 Å². The summed E-state index contributed by atoms with van der Waals surface area (Å²) < 4.78 is 1.68. The largest absolute Gasteiger partial charge is 0.343 e. The van der Waals surface area contributed by atoms with Crippen molar-refractivity contribution in [1.29, 1.82) is 0 Å². The fourth-order valence-corrected chi connectivity index (χ4v) is 3.52. The van der Waals surface area contributed by atoms with Crippen LogP contribution in [0.15, 0.2) is 22.6 Å². The third-order valence-corrected chi connectivity index (χ3v) is 4.69. The summed E-state index contributed by atoms with van der Waals surface area (Å²) in [4.78, 5) is 30.8. The van der Waals surface area contributed by atoms with Gasteiger partial charge in [-0.3, -0.25) is 14.2 Å². The Bertz CT molecular complexity index is 691. The summed E-state index contributed by atoms with van der Waals surface area (Å²) in [5, 5.41) is 2.58. The number of thiophene rings is 1. The number of hydrogen-bond donors (Lipinski definition) is 0. The van der Waals surface area contributed by atoms with E-state index in [4.69, 9.17) is 0 Å². The Kier molecular flexibility index (Phi) is 3.56. The topological polar surface area (TPSA) is 55.2 Å². The number of nitrogens with zero attached hydrogens (tertiary/aromatic N) is 3. The average molecular weight is 291 g/mol. The lowest BCUT2D eigenvalue weighted by atomic mass is 9.98. The Morgan fingerprint density at radius 2 is 2.40 bits per heavy atom. The number of aromatic nitrogens is 2. The van der Waals surface area contributed by atoms with Crippen LogP contribution < -0.4 is 5.56 Å². The highest BCUT2D eigenvalue weighted by atomic mass is 32.1. The maximum atomic E-state index is 12.3. The first-order valence-electron chi connectivity index (χ1n) is 6.83. The SMILES string of the molecule is CC(=O)N1CCC[C@@H](Cn2cnc3sccc3c2=O)C1. The van der Waals surface area contributed by atoms with E-state index in [1.165, 1.54) is 11.3 Å². The molecule has 106 valence electrons. The number of carbonyl (C=O) groups excluding carboxylic acids is 1. The third kappa shape index (κ3) is 2.47. The number of amides is 1. The first kappa shape index (κ1) is 13.3. The normalized spacial score (nSPS) is 19.4. The van der Waals surface area contributed by atoms with Gasteiger partial charge in [-0.1, -0.05) is 0 Å². The zero-order valence-corrected chi connectivity index (χ0v) is 12.2. The standard InChI is InChI=1S/C14H17N3O2S/c1-10(18)16-5-2-3-11(7-16)8-17-9-15-13-12(14(17)19)4-6-20-13/h4,6,9,11H,2-3,5,7-8H2,1H3/t11-/m1/s1. The van der Waals surface area contributed by atoms with Crippen LogP contribution in [0.3, 0.4) is 0 Å². The maximum Gasteiger partial charge on any atom is 0.262 e. The quantitative estimate of drug-likeness (QED) is 0.846. The Labute approximate surface area is 120 Å². The summed E-state index contributed by atoms with van der Waals surface area (Å²) in [5.74, 6) is 0.455. The summed E-state index contributed by atoms with van der Waals surface area (Å²) in [6, 6.07) is 1.83. The van der Waals surface area contributed by atoms with Gasteiger partial charge in [0.15, 0.2) is 0 Å². The van der Waals surface area contributed by atoms with E-state index >= 15 is 0 Å². The second-order valence-corrected chi connectivity index (χ2v) is 6.21. The lowest BCUT2D eigenvalue weighted by molar-refractivity contribution is -0.130. The Balaban J connectivity index is 1.80. The second kappa shape index (κ2) is 5.36. The molecule has 0 spiro atoms. The van der Waals surface area contributed by atoms with Crippen molar-refractivity contribution in [2.24, 2.45) is 5.92 Å². The third-order valence-electron chi connectivity index (χ3n) is 3.87. The van der Waals surface area contributed by atoms with Crippen molar-refractivity contribution >= 4 is 27.5 Å². The van der Waals surface area contributed by atoms with Gasteiger partial charge in [-0.25, -0.2) is 4.98 Å². The van der Waals surface area contributed by atoms with E-state index in [1.807, 2.05) is 16.3 Å². The summed E-state index contributed by atoms with van der Waals surface area (Å²) >= 11 is 1.48. The molecule has 0 bridgehead atoms. The van der Waals surface area contributed by atoms with Crippen molar-refractivity contribution in [3.05, 3.63) is 28.1 Å². The Morgan fingerprint density at radius 3 is 3.20 bits per heavy atom. The van der Waals surface area contributed by atoms with Crippen LogP contribution >= 0.6 is 11.3 Å².